The molecule has 1 N–H and O–H groups in total. The molecule has 6 nitrogen and oxygen atoms in total. The second-order valence-electron chi connectivity index (χ2n) is 4.98. The van der Waals surface area contributed by atoms with Crippen LogP contribution in [0.2, 0.25) is 0 Å². The summed E-state index contributed by atoms with van der Waals surface area (Å²) in [6.07, 6.45) is 7.64. The molecule has 1 fully saturated rings. The third-order valence-corrected chi connectivity index (χ3v) is 3.99. The topological polar surface area (TPSA) is 73.1 Å². The minimum absolute atomic E-state index is 0.242. The molecule has 0 aromatic carbocycles. The van der Waals surface area contributed by atoms with Crippen molar-refractivity contribution < 1.29 is 9.84 Å². The highest BCUT2D eigenvalue weighted by Crippen LogP contribution is 2.39. The Kier molecular flexibility index (Phi) is 3.33. The van der Waals surface area contributed by atoms with Crippen LogP contribution in [0.5, 0.6) is 5.88 Å². The lowest BCUT2D eigenvalue weighted by molar-refractivity contribution is 0.236. The molecule has 0 unspecified atom stereocenters. The third kappa shape index (κ3) is 2.06. The molecule has 1 aliphatic carbocycles. The maximum atomic E-state index is 9.17. The summed E-state index contributed by atoms with van der Waals surface area (Å²) in [6, 6.07) is 0.372. The summed E-state index contributed by atoms with van der Waals surface area (Å²) < 4.78 is 7.33. The Morgan fingerprint density at radius 2 is 2.26 bits per heavy atom. The fourth-order valence-corrected chi connectivity index (χ4v) is 3.11. The summed E-state index contributed by atoms with van der Waals surface area (Å²) in [5, 5.41) is 9.17. The van der Waals surface area contributed by atoms with Gasteiger partial charge >= 0.3 is 0 Å². The summed E-state index contributed by atoms with van der Waals surface area (Å²) in [5.41, 5.74) is 1.53. The summed E-state index contributed by atoms with van der Waals surface area (Å²) in [4.78, 5) is 12.8. The molecular formula is C13H18N4O2. The lowest BCUT2D eigenvalue weighted by atomic mass is 10.00. The first kappa shape index (κ1) is 12.3. The second-order valence-corrected chi connectivity index (χ2v) is 4.98. The number of rotatable bonds is 4. The maximum absolute atomic E-state index is 9.17. The van der Waals surface area contributed by atoms with Crippen LogP contribution in [0.1, 0.15) is 31.7 Å². The van der Waals surface area contributed by atoms with E-state index in [0.717, 1.165) is 24.9 Å². The van der Waals surface area contributed by atoms with E-state index >= 15 is 0 Å². The van der Waals surface area contributed by atoms with E-state index in [1.165, 1.54) is 12.7 Å². The number of hydrogen-bond acceptors (Lipinski definition) is 5. The number of aliphatic hydroxyl groups excluding tert-OH is 1. The van der Waals surface area contributed by atoms with Crippen LogP contribution in [0.3, 0.4) is 0 Å². The molecule has 102 valence electrons. The Morgan fingerprint density at radius 3 is 3.05 bits per heavy atom. The number of fused-ring (bicyclic) bond motifs is 1. The average Bonchev–Trinajstić information content (AvgIpc) is 3.04. The quantitative estimate of drug-likeness (QED) is 0.905. The Balaban J connectivity index is 2.01. The van der Waals surface area contributed by atoms with Crippen molar-refractivity contribution in [3.8, 4) is 5.88 Å². The largest absolute Gasteiger partial charge is 0.479 e. The van der Waals surface area contributed by atoms with E-state index < -0.39 is 0 Å². The average molecular weight is 262 g/mol. The molecule has 6 heteroatoms. The molecule has 0 bridgehead atoms. The molecule has 2 atom stereocenters. The van der Waals surface area contributed by atoms with Gasteiger partial charge in [-0.25, -0.2) is 9.97 Å². The van der Waals surface area contributed by atoms with Crippen molar-refractivity contribution >= 4 is 11.2 Å². The normalized spacial score (nSPS) is 23.1. The number of ether oxygens (including phenoxy) is 1. The first-order chi connectivity index (χ1) is 9.35. The minimum atomic E-state index is 0.242. The number of methoxy groups -OCH3 is 1. The Hall–Kier alpha value is -1.69. The van der Waals surface area contributed by atoms with Gasteiger partial charge in [0.25, 0.3) is 0 Å². The van der Waals surface area contributed by atoms with Gasteiger partial charge in [0.15, 0.2) is 11.2 Å². The van der Waals surface area contributed by atoms with Crippen molar-refractivity contribution in [2.45, 2.75) is 31.7 Å². The van der Waals surface area contributed by atoms with Crippen molar-refractivity contribution in [3.63, 3.8) is 0 Å². The Morgan fingerprint density at radius 1 is 1.37 bits per heavy atom. The highest BCUT2D eigenvalue weighted by molar-refractivity contribution is 5.76. The van der Waals surface area contributed by atoms with Gasteiger partial charge in [-0.2, -0.15) is 4.98 Å². The summed E-state index contributed by atoms with van der Waals surface area (Å²) >= 11 is 0. The van der Waals surface area contributed by atoms with Gasteiger partial charge in [-0.05, 0) is 25.2 Å². The zero-order valence-corrected chi connectivity index (χ0v) is 11.0. The fraction of sp³-hybridized carbons (Fsp3) is 0.615. The fourth-order valence-electron chi connectivity index (χ4n) is 3.11. The SMILES string of the molecule is COc1ncnc2c1ncn2[C@@H]1CCC[C@H]1CCO. The van der Waals surface area contributed by atoms with Gasteiger partial charge in [0, 0.05) is 12.6 Å². The van der Waals surface area contributed by atoms with Gasteiger partial charge in [0.2, 0.25) is 5.88 Å². The zero-order chi connectivity index (χ0) is 13.2. The molecule has 0 amide bonds. The monoisotopic (exact) mass is 262 g/mol. The Labute approximate surface area is 111 Å². The molecule has 0 aliphatic heterocycles. The van der Waals surface area contributed by atoms with Crippen LogP contribution >= 0.6 is 0 Å². The number of nitrogens with zero attached hydrogens (tertiary/aromatic N) is 4. The molecule has 0 spiro atoms. The number of aliphatic hydroxyl groups is 1. The predicted octanol–water partition coefficient (Wildman–Crippen LogP) is 1.56. The van der Waals surface area contributed by atoms with E-state index in [2.05, 4.69) is 19.5 Å². The second kappa shape index (κ2) is 5.13. The molecule has 0 saturated heterocycles. The number of hydrogen-bond donors (Lipinski definition) is 1. The van der Waals surface area contributed by atoms with Gasteiger partial charge < -0.3 is 14.4 Å². The van der Waals surface area contributed by atoms with Crippen LogP contribution in [0, 0.1) is 5.92 Å². The maximum Gasteiger partial charge on any atom is 0.245 e. The highest BCUT2D eigenvalue weighted by Gasteiger charge is 2.29. The molecule has 3 rings (SSSR count). The van der Waals surface area contributed by atoms with E-state index in [4.69, 9.17) is 9.84 Å². The molecule has 0 radical (unpaired) electrons. The minimum Gasteiger partial charge on any atom is -0.479 e. The number of imidazole rings is 1. The van der Waals surface area contributed by atoms with E-state index in [-0.39, 0.29) is 6.61 Å². The van der Waals surface area contributed by atoms with Crippen LogP contribution < -0.4 is 4.74 Å². The summed E-state index contributed by atoms with van der Waals surface area (Å²) in [7, 11) is 1.59. The molecule has 2 aromatic rings. The van der Waals surface area contributed by atoms with Crippen LogP contribution in [0.4, 0.5) is 0 Å². The Bertz CT molecular complexity index is 569. The van der Waals surface area contributed by atoms with Crippen molar-refractivity contribution in [2.24, 2.45) is 5.92 Å². The third-order valence-electron chi connectivity index (χ3n) is 3.99. The van der Waals surface area contributed by atoms with Gasteiger partial charge in [-0.3, -0.25) is 0 Å². The van der Waals surface area contributed by atoms with Crippen LogP contribution in [-0.2, 0) is 0 Å². The van der Waals surface area contributed by atoms with Gasteiger partial charge in [-0.1, -0.05) is 6.42 Å². The van der Waals surface area contributed by atoms with Crippen molar-refractivity contribution in [3.05, 3.63) is 12.7 Å². The highest BCUT2D eigenvalue weighted by atomic mass is 16.5. The molecule has 2 aromatic heterocycles. The standard InChI is InChI=1S/C13H18N4O2/c1-19-13-11-12(14-7-15-13)17(8-16-11)10-4-2-3-9(10)5-6-18/h7-10,18H,2-6H2,1H3/t9-,10+/m0/s1. The van der Waals surface area contributed by atoms with Crippen LogP contribution in [-0.4, -0.2) is 38.3 Å². The van der Waals surface area contributed by atoms with E-state index in [9.17, 15) is 0 Å². The lowest BCUT2D eigenvalue weighted by Crippen LogP contribution is -2.15. The number of aromatic nitrogens is 4. The van der Waals surface area contributed by atoms with Crippen molar-refractivity contribution in [1.82, 2.24) is 19.5 Å². The molecule has 1 saturated carbocycles. The van der Waals surface area contributed by atoms with Crippen LogP contribution in [0.25, 0.3) is 11.2 Å². The first-order valence-electron chi connectivity index (χ1n) is 6.67. The molecule has 19 heavy (non-hydrogen) atoms. The van der Waals surface area contributed by atoms with Crippen molar-refractivity contribution in [2.75, 3.05) is 13.7 Å². The smallest absolute Gasteiger partial charge is 0.245 e. The molecule has 1 aliphatic rings. The summed E-state index contributed by atoms with van der Waals surface area (Å²) in [5.74, 6) is 1.02. The van der Waals surface area contributed by atoms with Gasteiger partial charge in [0.05, 0.1) is 13.4 Å². The van der Waals surface area contributed by atoms with Gasteiger partial charge in [-0.15, -0.1) is 0 Å². The van der Waals surface area contributed by atoms with E-state index in [0.29, 0.717) is 23.4 Å². The molecule has 2 heterocycles. The summed E-state index contributed by atoms with van der Waals surface area (Å²) in [6.45, 7) is 0.242. The van der Waals surface area contributed by atoms with E-state index in [1.54, 1.807) is 7.11 Å². The molecular weight excluding hydrogens is 244 g/mol. The van der Waals surface area contributed by atoms with E-state index in [1.807, 2.05) is 6.33 Å². The zero-order valence-electron chi connectivity index (χ0n) is 11.0. The predicted molar refractivity (Wildman–Crippen MR) is 70.0 cm³/mol. The lowest BCUT2D eigenvalue weighted by Gasteiger charge is -2.20. The first-order valence-corrected chi connectivity index (χ1v) is 6.67. The van der Waals surface area contributed by atoms with Gasteiger partial charge in [0.1, 0.15) is 6.33 Å². The van der Waals surface area contributed by atoms with Crippen LogP contribution in [0.15, 0.2) is 12.7 Å². The van der Waals surface area contributed by atoms with Crippen molar-refractivity contribution in [1.29, 1.82) is 0 Å².